The number of thiophene rings is 1. The smallest absolute Gasteiger partial charge is 0.207 e. The first-order valence-electron chi connectivity index (χ1n) is 4.41. The van der Waals surface area contributed by atoms with Crippen molar-refractivity contribution in [2.45, 2.75) is 4.90 Å². The van der Waals surface area contributed by atoms with Gasteiger partial charge in [0.2, 0.25) is 10.0 Å². The lowest BCUT2D eigenvalue weighted by Crippen LogP contribution is -2.22. The predicted molar refractivity (Wildman–Crippen MR) is 62.7 cm³/mol. The number of rotatable bonds is 2. The average Bonchev–Trinajstić information content (AvgIpc) is 2.63. The zero-order chi connectivity index (χ0) is 11.1. The lowest BCUT2D eigenvalue weighted by molar-refractivity contribution is 0.521. The molecule has 0 amide bonds. The molecule has 1 aromatic heterocycles. The maximum atomic E-state index is 11.8. The monoisotopic (exact) mass is 241 g/mol. The molecule has 0 atom stereocenters. The topological polar surface area (TPSA) is 37.4 Å². The van der Waals surface area contributed by atoms with Crippen LogP contribution in [0.1, 0.15) is 0 Å². The van der Waals surface area contributed by atoms with Crippen molar-refractivity contribution in [3.63, 3.8) is 0 Å². The van der Waals surface area contributed by atoms with Crippen LogP contribution in [-0.2, 0) is 10.0 Å². The van der Waals surface area contributed by atoms with Crippen LogP contribution in [0, 0.1) is 0 Å². The van der Waals surface area contributed by atoms with Crippen molar-refractivity contribution >= 4 is 31.4 Å². The Morgan fingerprint density at radius 3 is 2.60 bits per heavy atom. The molecule has 0 saturated heterocycles. The van der Waals surface area contributed by atoms with Gasteiger partial charge in [0.15, 0.2) is 0 Å². The quantitative estimate of drug-likeness (QED) is 0.808. The highest BCUT2D eigenvalue weighted by Gasteiger charge is 2.17. The molecule has 2 rings (SSSR count). The van der Waals surface area contributed by atoms with Gasteiger partial charge < -0.3 is 0 Å². The van der Waals surface area contributed by atoms with Gasteiger partial charge in [0, 0.05) is 18.8 Å². The van der Waals surface area contributed by atoms with Gasteiger partial charge in [0.1, 0.15) is 0 Å². The third-order valence-corrected chi connectivity index (χ3v) is 4.90. The second-order valence-electron chi connectivity index (χ2n) is 3.41. The molecular weight excluding hydrogens is 230 g/mol. The molecule has 5 heteroatoms. The number of benzene rings is 1. The minimum atomic E-state index is -3.31. The van der Waals surface area contributed by atoms with E-state index in [1.807, 2.05) is 17.5 Å². The molecule has 0 aliphatic heterocycles. The fourth-order valence-corrected chi connectivity index (χ4v) is 3.14. The lowest BCUT2D eigenvalue weighted by atomic mass is 10.3. The van der Waals surface area contributed by atoms with Crippen LogP contribution in [-0.4, -0.2) is 26.8 Å². The van der Waals surface area contributed by atoms with Gasteiger partial charge in [-0.1, -0.05) is 6.07 Å². The molecule has 15 heavy (non-hydrogen) atoms. The summed E-state index contributed by atoms with van der Waals surface area (Å²) in [5, 5.41) is 3.04. The SMILES string of the molecule is CN(C)S(=O)(=O)c1ccc2ccsc2c1. The second-order valence-corrected chi connectivity index (χ2v) is 6.51. The molecule has 0 fully saturated rings. The molecule has 0 saturated carbocycles. The zero-order valence-electron chi connectivity index (χ0n) is 8.47. The predicted octanol–water partition coefficient (Wildman–Crippen LogP) is 2.15. The Labute approximate surface area is 93.0 Å². The van der Waals surface area contributed by atoms with Crippen molar-refractivity contribution in [2.24, 2.45) is 0 Å². The molecule has 3 nitrogen and oxygen atoms in total. The fraction of sp³-hybridized carbons (Fsp3) is 0.200. The van der Waals surface area contributed by atoms with Crippen LogP contribution < -0.4 is 0 Å². The van der Waals surface area contributed by atoms with Crippen LogP contribution in [0.5, 0.6) is 0 Å². The van der Waals surface area contributed by atoms with Gasteiger partial charge >= 0.3 is 0 Å². The first-order chi connectivity index (χ1) is 7.01. The largest absolute Gasteiger partial charge is 0.242 e. The van der Waals surface area contributed by atoms with Gasteiger partial charge in [0.25, 0.3) is 0 Å². The number of fused-ring (bicyclic) bond motifs is 1. The summed E-state index contributed by atoms with van der Waals surface area (Å²) in [4.78, 5) is 0.349. The number of hydrogen-bond donors (Lipinski definition) is 0. The maximum absolute atomic E-state index is 11.8. The molecule has 1 heterocycles. The molecule has 0 unspecified atom stereocenters. The Morgan fingerprint density at radius 1 is 1.20 bits per heavy atom. The summed E-state index contributed by atoms with van der Waals surface area (Å²) < 4.78 is 25.9. The summed E-state index contributed by atoms with van der Waals surface area (Å²) in [6.07, 6.45) is 0. The summed E-state index contributed by atoms with van der Waals surface area (Å²) in [6, 6.07) is 7.17. The molecule has 0 aliphatic carbocycles. The van der Waals surface area contributed by atoms with Crippen molar-refractivity contribution < 1.29 is 8.42 Å². The Kier molecular flexibility index (Phi) is 2.54. The van der Waals surface area contributed by atoms with Crippen LogP contribution >= 0.6 is 11.3 Å². The number of sulfonamides is 1. The molecule has 1 aromatic carbocycles. The summed E-state index contributed by atoms with van der Waals surface area (Å²) in [6.45, 7) is 0. The van der Waals surface area contributed by atoms with Gasteiger partial charge in [-0.3, -0.25) is 0 Å². The van der Waals surface area contributed by atoms with E-state index >= 15 is 0 Å². The highest BCUT2D eigenvalue weighted by Crippen LogP contribution is 2.24. The van der Waals surface area contributed by atoms with Crippen LogP contribution in [0.4, 0.5) is 0 Å². The fourth-order valence-electron chi connectivity index (χ4n) is 1.31. The van der Waals surface area contributed by atoms with E-state index in [0.29, 0.717) is 4.90 Å². The number of hydrogen-bond acceptors (Lipinski definition) is 3. The van der Waals surface area contributed by atoms with Crippen LogP contribution in [0.3, 0.4) is 0 Å². The van der Waals surface area contributed by atoms with Crippen molar-refractivity contribution in [1.82, 2.24) is 4.31 Å². The van der Waals surface area contributed by atoms with Gasteiger partial charge in [-0.05, 0) is 29.0 Å². The molecule has 0 N–H and O–H groups in total. The Morgan fingerprint density at radius 2 is 1.93 bits per heavy atom. The van der Waals surface area contributed by atoms with Crippen molar-refractivity contribution in [1.29, 1.82) is 0 Å². The molecular formula is C10H11NO2S2. The normalized spacial score (nSPS) is 12.5. The van der Waals surface area contributed by atoms with E-state index in [4.69, 9.17) is 0 Å². The van der Waals surface area contributed by atoms with E-state index in [0.717, 1.165) is 10.1 Å². The van der Waals surface area contributed by atoms with Gasteiger partial charge in [-0.25, -0.2) is 12.7 Å². The second kappa shape index (κ2) is 3.59. The Balaban J connectivity index is 2.63. The van der Waals surface area contributed by atoms with Crippen LogP contribution in [0.2, 0.25) is 0 Å². The lowest BCUT2D eigenvalue weighted by Gasteiger charge is -2.10. The standard InChI is InChI=1S/C10H11NO2S2/c1-11(2)15(12,13)9-4-3-8-5-6-14-10(8)7-9/h3-7H,1-2H3. The van der Waals surface area contributed by atoms with E-state index in [-0.39, 0.29) is 0 Å². The molecule has 80 valence electrons. The van der Waals surface area contributed by atoms with Gasteiger partial charge in [0.05, 0.1) is 4.90 Å². The Hall–Kier alpha value is -0.910. The van der Waals surface area contributed by atoms with E-state index < -0.39 is 10.0 Å². The first-order valence-corrected chi connectivity index (χ1v) is 6.73. The molecule has 0 bridgehead atoms. The summed E-state index contributed by atoms with van der Waals surface area (Å²) in [5.41, 5.74) is 0. The Bertz CT molecular complexity index is 584. The molecule has 0 aliphatic rings. The third-order valence-electron chi connectivity index (χ3n) is 2.21. The minimum absolute atomic E-state index is 0.349. The van der Waals surface area contributed by atoms with Crippen molar-refractivity contribution in [3.8, 4) is 0 Å². The zero-order valence-corrected chi connectivity index (χ0v) is 10.1. The molecule has 0 spiro atoms. The average molecular weight is 241 g/mol. The highest BCUT2D eigenvalue weighted by molar-refractivity contribution is 7.89. The molecule has 0 radical (unpaired) electrons. The van der Waals surface area contributed by atoms with E-state index in [2.05, 4.69) is 0 Å². The highest BCUT2D eigenvalue weighted by atomic mass is 32.2. The van der Waals surface area contributed by atoms with Crippen molar-refractivity contribution in [2.75, 3.05) is 14.1 Å². The minimum Gasteiger partial charge on any atom is -0.207 e. The van der Waals surface area contributed by atoms with Crippen molar-refractivity contribution in [3.05, 3.63) is 29.6 Å². The number of nitrogens with zero attached hydrogens (tertiary/aromatic N) is 1. The van der Waals surface area contributed by atoms with Crippen LogP contribution in [0.15, 0.2) is 34.5 Å². The van der Waals surface area contributed by atoms with E-state index in [1.165, 1.54) is 18.4 Å². The first kappa shape index (κ1) is 10.6. The van der Waals surface area contributed by atoms with Crippen LogP contribution in [0.25, 0.3) is 10.1 Å². The summed E-state index contributed by atoms with van der Waals surface area (Å²) >= 11 is 1.55. The molecule has 2 aromatic rings. The third kappa shape index (κ3) is 1.78. The summed E-state index contributed by atoms with van der Waals surface area (Å²) in [7, 11) is -0.235. The van der Waals surface area contributed by atoms with E-state index in [9.17, 15) is 8.42 Å². The van der Waals surface area contributed by atoms with Gasteiger partial charge in [-0.15, -0.1) is 11.3 Å². The van der Waals surface area contributed by atoms with E-state index in [1.54, 1.807) is 23.5 Å². The van der Waals surface area contributed by atoms with Gasteiger partial charge in [-0.2, -0.15) is 0 Å². The summed E-state index contributed by atoms with van der Waals surface area (Å²) in [5.74, 6) is 0. The maximum Gasteiger partial charge on any atom is 0.242 e.